The molecule has 13 heavy (non-hydrogen) atoms. The zero-order chi connectivity index (χ0) is 9.26. The lowest BCUT2D eigenvalue weighted by atomic mass is 10.5. The maximum Gasteiger partial charge on any atom is 0.325 e. The van der Waals surface area contributed by atoms with Crippen molar-refractivity contribution >= 4 is 11.3 Å². The van der Waals surface area contributed by atoms with Crippen LogP contribution < -0.4 is 4.87 Å². The Balaban J connectivity index is 2.29. The predicted octanol–water partition coefficient (Wildman–Crippen LogP) is -0.518. The summed E-state index contributed by atoms with van der Waals surface area (Å²) >= 11 is 1.08. The van der Waals surface area contributed by atoms with Crippen LogP contribution in [-0.2, 0) is 13.6 Å². The summed E-state index contributed by atoms with van der Waals surface area (Å²) in [6.07, 6.45) is 1.62. The van der Waals surface area contributed by atoms with Crippen molar-refractivity contribution in [3.8, 4) is 0 Å². The molecule has 0 atom stereocenters. The first-order valence-electron chi connectivity index (χ1n) is 3.61. The molecule has 0 saturated heterocycles. The first-order valence-corrected chi connectivity index (χ1v) is 4.49. The van der Waals surface area contributed by atoms with Gasteiger partial charge in [0.1, 0.15) is 5.51 Å². The molecule has 0 unspecified atom stereocenters. The Morgan fingerprint density at radius 3 is 3.00 bits per heavy atom. The highest BCUT2D eigenvalue weighted by Gasteiger charge is 2.03. The van der Waals surface area contributed by atoms with Gasteiger partial charge < -0.3 is 0 Å². The quantitative estimate of drug-likeness (QED) is 0.650. The number of nitrogens with zero attached hydrogens (tertiary/aromatic N) is 5. The minimum absolute atomic E-state index is 0.0683. The molecule has 0 aliphatic carbocycles. The first kappa shape index (κ1) is 8.11. The molecule has 2 aromatic rings. The smallest absolute Gasteiger partial charge is 0.255 e. The minimum Gasteiger partial charge on any atom is -0.255 e. The minimum atomic E-state index is -0.0683. The second kappa shape index (κ2) is 3.09. The molecule has 0 N–H and O–H groups in total. The maximum absolute atomic E-state index is 11.1. The van der Waals surface area contributed by atoms with Crippen molar-refractivity contribution in [3.63, 3.8) is 0 Å². The van der Waals surface area contributed by atoms with Crippen LogP contribution in [0.4, 0.5) is 0 Å². The van der Waals surface area contributed by atoms with Gasteiger partial charge in [0.05, 0.1) is 18.4 Å². The van der Waals surface area contributed by atoms with Crippen molar-refractivity contribution in [3.05, 3.63) is 27.1 Å². The van der Waals surface area contributed by atoms with Gasteiger partial charge in [0, 0.05) is 7.05 Å². The molecule has 0 spiro atoms. The molecule has 0 aliphatic rings. The second-order valence-corrected chi connectivity index (χ2v) is 3.31. The number of aryl methyl sites for hydroxylation is 1. The molecule has 0 radical (unpaired) electrons. The van der Waals surface area contributed by atoms with Gasteiger partial charge in [-0.05, 0) is 0 Å². The van der Waals surface area contributed by atoms with Crippen molar-refractivity contribution in [2.24, 2.45) is 7.05 Å². The summed E-state index contributed by atoms with van der Waals surface area (Å²) in [5, 5.41) is 11.3. The van der Waals surface area contributed by atoms with Gasteiger partial charge in [-0.25, -0.2) is 4.68 Å². The standard InChI is InChI=1S/C6H7N5OS/c1-10-5(2-7-9-10)3-11-6(12)13-4-8-11/h2,4H,3H2,1H3. The zero-order valence-corrected chi connectivity index (χ0v) is 7.73. The monoisotopic (exact) mass is 197 g/mol. The molecule has 0 saturated carbocycles. The first-order chi connectivity index (χ1) is 6.27. The molecule has 0 fully saturated rings. The van der Waals surface area contributed by atoms with E-state index in [0.29, 0.717) is 6.54 Å². The summed E-state index contributed by atoms with van der Waals surface area (Å²) in [6, 6.07) is 0. The fourth-order valence-corrected chi connectivity index (χ4v) is 1.43. The van der Waals surface area contributed by atoms with Crippen LogP contribution in [0.5, 0.6) is 0 Å². The molecule has 0 aromatic carbocycles. The van der Waals surface area contributed by atoms with E-state index in [2.05, 4.69) is 15.4 Å². The summed E-state index contributed by atoms with van der Waals surface area (Å²) in [5.41, 5.74) is 2.37. The van der Waals surface area contributed by atoms with Crippen LogP contribution >= 0.6 is 11.3 Å². The van der Waals surface area contributed by atoms with E-state index < -0.39 is 0 Å². The third kappa shape index (κ3) is 1.50. The molecule has 2 aromatic heterocycles. The Labute approximate surface area is 77.4 Å². The summed E-state index contributed by atoms with van der Waals surface area (Å²) in [7, 11) is 1.78. The van der Waals surface area contributed by atoms with E-state index in [9.17, 15) is 4.79 Å². The molecule has 0 amide bonds. The van der Waals surface area contributed by atoms with Gasteiger partial charge in [-0.15, -0.1) is 5.10 Å². The van der Waals surface area contributed by atoms with Crippen LogP contribution in [0, 0.1) is 0 Å². The summed E-state index contributed by atoms with van der Waals surface area (Å²) in [6.45, 7) is 0.422. The van der Waals surface area contributed by atoms with Gasteiger partial charge in [-0.1, -0.05) is 16.6 Å². The molecular formula is C6H7N5OS. The SMILES string of the molecule is Cn1nncc1Cn1ncsc1=O. The molecule has 0 bridgehead atoms. The maximum atomic E-state index is 11.1. The van der Waals surface area contributed by atoms with Crippen molar-refractivity contribution in [1.82, 2.24) is 24.8 Å². The largest absolute Gasteiger partial charge is 0.325 e. The van der Waals surface area contributed by atoms with E-state index >= 15 is 0 Å². The highest BCUT2D eigenvalue weighted by molar-refractivity contribution is 7.06. The average molecular weight is 197 g/mol. The Morgan fingerprint density at radius 1 is 1.62 bits per heavy atom. The Morgan fingerprint density at radius 2 is 2.46 bits per heavy atom. The van der Waals surface area contributed by atoms with Crippen LogP contribution in [-0.4, -0.2) is 24.8 Å². The summed E-state index contributed by atoms with van der Waals surface area (Å²) in [5.74, 6) is 0. The van der Waals surface area contributed by atoms with Crippen LogP contribution in [0.3, 0.4) is 0 Å². The van der Waals surface area contributed by atoms with Crippen molar-refractivity contribution in [2.75, 3.05) is 0 Å². The molecule has 0 aliphatic heterocycles. The van der Waals surface area contributed by atoms with E-state index in [0.717, 1.165) is 17.0 Å². The van der Waals surface area contributed by atoms with E-state index in [-0.39, 0.29) is 4.87 Å². The van der Waals surface area contributed by atoms with Crippen molar-refractivity contribution in [2.45, 2.75) is 6.54 Å². The Kier molecular flexibility index (Phi) is 1.93. The highest BCUT2D eigenvalue weighted by Crippen LogP contribution is 1.95. The normalized spacial score (nSPS) is 10.5. The topological polar surface area (TPSA) is 65.6 Å². The van der Waals surface area contributed by atoms with Crippen molar-refractivity contribution in [1.29, 1.82) is 0 Å². The van der Waals surface area contributed by atoms with Gasteiger partial charge in [0.25, 0.3) is 0 Å². The van der Waals surface area contributed by atoms with E-state index in [4.69, 9.17) is 0 Å². The van der Waals surface area contributed by atoms with Crippen LogP contribution in [0.15, 0.2) is 16.5 Å². The summed E-state index contributed by atoms with van der Waals surface area (Å²) in [4.78, 5) is 11.1. The molecule has 2 heterocycles. The second-order valence-electron chi connectivity index (χ2n) is 2.51. The van der Waals surface area contributed by atoms with Gasteiger partial charge in [0.2, 0.25) is 0 Å². The summed E-state index contributed by atoms with van der Waals surface area (Å²) < 4.78 is 3.00. The number of hydrogen-bond acceptors (Lipinski definition) is 5. The highest BCUT2D eigenvalue weighted by atomic mass is 32.1. The number of rotatable bonds is 2. The fraction of sp³-hybridized carbons (Fsp3) is 0.333. The van der Waals surface area contributed by atoms with Crippen LogP contribution in [0.1, 0.15) is 5.69 Å². The molecule has 7 heteroatoms. The predicted molar refractivity (Wildman–Crippen MR) is 46.5 cm³/mol. The Bertz CT molecular complexity index is 455. The van der Waals surface area contributed by atoms with E-state index in [1.807, 2.05) is 0 Å². The van der Waals surface area contributed by atoms with Crippen LogP contribution in [0.2, 0.25) is 0 Å². The third-order valence-corrected chi connectivity index (χ3v) is 2.28. The lowest BCUT2D eigenvalue weighted by Gasteiger charge is -1.98. The molecular weight excluding hydrogens is 190 g/mol. The molecule has 6 nitrogen and oxygen atoms in total. The lowest BCUT2D eigenvalue weighted by Crippen LogP contribution is -2.17. The molecule has 68 valence electrons. The van der Waals surface area contributed by atoms with E-state index in [1.54, 1.807) is 17.9 Å². The lowest BCUT2D eigenvalue weighted by molar-refractivity contribution is 0.601. The third-order valence-electron chi connectivity index (χ3n) is 1.67. The van der Waals surface area contributed by atoms with Gasteiger partial charge in [0.15, 0.2) is 0 Å². The molecule has 2 rings (SSSR count). The fourth-order valence-electron chi connectivity index (χ4n) is 0.946. The van der Waals surface area contributed by atoms with Crippen molar-refractivity contribution < 1.29 is 0 Å². The van der Waals surface area contributed by atoms with Gasteiger partial charge >= 0.3 is 4.87 Å². The average Bonchev–Trinajstić information content (AvgIpc) is 2.65. The number of hydrogen-bond donors (Lipinski definition) is 0. The van der Waals surface area contributed by atoms with E-state index in [1.165, 1.54) is 10.2 Å². The Hall–Kier alpha value is -1.50. The number of aromatic nitrogens is 5. The van der Waals surface area contributed by atoms with Gasteiger partial charge in [-0.3, -0.25) is 9.48 Å². The van der Waals surface area contributed by atoms with Crippen LogP contribution in [0.25, 0.3) is 0 Å². The zero-order valence-electron chi connectivity index (χ0n) is 6.91. The van der Waals surface area contributed by atoms with Gasteiger partial charge in [-0.2, -0.15) is 5.10 Å².